The molecular weight excluding hydrogens is 284 g/mol. The van der Waals surface area contributed by atoms with Crippen LogP contribution in [0.25, 0.3) is 0 Å². The Labute approximate surface area is 130 Å². The first kappa shape index (κ1) is 16.3. The first-order valence-electron chi connectivity index (χ1n) is 7.43. The predicted molar refractivity (Wildman–Crippen MR) is 88.5 cm³/mol. The molecule has 0 bridgehead atoms. The first-order chi connectivity index (χ1) is 10.2. The van der Waals surface area contributed by atoms with Crippen molar-refractivity contribution in [2.75, 3.05) is 37.8 Å². The van der Waals surface area contributed by atoms with E-state index in [0.717, 1.165) is 42.9 Å². The van der Waals surface area contributed by atoms with Crippen LogP contribution in [0.1, 0.15) is 18.4 Å². The van der Waals surface area contributed by atoms with Gasteiger partial charge >= 0.3 is 0 Å². The number of benzene rings is 1. The molecule has 0 saturated carbocycles. The Bertz CT molecular complexity index is 459. The molecule has 1 amide bonds. The molecule has 0 unspecified atom stereocenters. The Morgan fingerprint density at radius 3 is 2.76 bits per heavy atom. The number of hydrogen-bond acceptors (Lipinski definition) is 4. The minimum absolute atomic E-state index is 0.0472. The summed E-state index contributed by atoms with van der Waals surface area (Å²) in [5, 5.41) is 12.2. The number of piperidine rings is 1. The largest absolute Gasteiger partial charge is 0.396 e. The van der Waals surface area contributed by atoms with Gasteiger partial charge in [-0.25, -0.2) is 0 Å². The number of nitrogens with one attached hydrogen (secondary N) is 1. The number of aliphatic hydroxyl groups excluding tert-OH is 1. The highest BCUT2D eigenvalue weighted by Crippen LogP contribution is 2.20. The van der Waals surface area contributed by atoms with Crippen LogP contribution < -0.4 is 5.32 Å². The van der Waals surface area contributed by atoms with Crippen molar-refractivity contribution in [1.82, 2.24) is 4.90 Å². The predicted octanol–water partition coefficient (Wildman–Crippen LogP) is 2.19. The average Bonchev–Trinajstić information content (AvgIpc) is 2.50. The third-order valence-electron chi connectivity index (χ3n) is 3.92. The summed E-state index contributed by atoms with van der Waals surface area (Å²) in [5.74, 6) is 1.36. The standard InChI is InChI=1S/C16H24N2O2S/c1-21-12-14-4-2-3-5-15(14)17-16(20)10-18-8-6-13(11-19)7-9-18/h2-5,13,19H,6-12H2,1H3,(H,17,20). The second-order valence-corrected chi connectivity index (χ2v) is 6.41. The van der Waals surface area contributed by atoms with Gasteiger partial charge in [0.25, 0.3) is 0 Å². The lowest BCUT2D eigenvalue weighted by molar-refractivity contribution is -0.117. The highest BCUT2D eigenvalue weighted by Gasteiger charge is 2.20. The Balaban J connectivity index is 1.85. The van der Waals surface area contributed by atoms with Crippen molar-refractivity contribution < 1.29 is 9.90 Å². The van der Waals surface area contributed by atoms with E-state index in [0.29, 0.717) is 12.5 Å². The van der Waals surface area contributed by atoms with E-state index in [1.807, 2.05) is 18.2 Å². The van der Waals surface area contributed by atoms with Crippen LogP contribution >= 0.6 is 11.8 Å². The number of para-hydroxylation sites is 1. The fourth-order valence-electron chi connectivity index (χ4n) is 2.64. The molecule has 0 atom stereocenters. The number of nitrogens with zero attached hydrogens (tertiary/aromatic N) is 1. The van der Waals surface area contributed by atoms with Crippen LogP contribution in [0.5, 0.6) is 0 Å². The van der Waals surface area contributed by atoms with E-state index in [1.165, 1.54) is 0 Å². The van der Waals surface area contributed by atoms with E-state index >= 15 is 0 Å². The van der Waals surface area contributed by atoms with Gasteiger partial charge in [0.1, 0.15) is 0 Å². The summed E-state index contributed by atoms with van der Waals surface area (Å²) in [7, 11) is 0. The van der Waals surface area contributed by atoms with Gasteiger partial charge in [0.05, 0.1) is 6.54 Å². The molecule has 1 saturated heterocycles. The van der Waals surface area contributed by atoms with Crippen molar-refractivity contribution in [3.63, 3.8) is 0 Å². The van der Waals surface area contributed by atoms with E-state index in [4.69, 9.17) is 5.11 Å². The van der Waals surface area contributed by atoms with Gasteiger partial charge in [0.15, 0.2) is 0 Å². The number of thioether (sulfide) groups is 1. The molecule has 21 heavy (non-hydrogen) atoms. The highest BCUT2D eigenvalue weighted by molar-refractivity contribution is 7.97. The third kappa shape index (κ3) is 5.02. The van der Waals surface area contributed by atoms with Crippen molar-refractivity contribution in [1.29, 1.82) is 0 Å². The van der Waals surface area contributed by atoms with E-state index in [2.05, 4.69) is 22.5 Å². The van der Waals surface area contributed by atoms with Gasteiger partial charge in [-0.2, -0.15) is 11.8 Å². The van der Waals surface area contributed by atoms with Crippen LogP contribution in [0.15, 0.2) is 24.3 Å². The van der Waals surface area contributed by atoms with Crippen LogP contribution in [0.3, 0.4) is 0 Å². The maximum atomic E-state index is 12.2. The van der Waals surface area contributed by atoms with Crippen molar-refractivity contribution in [2.24, 2.45) is 5.92 Å². The first-order valence-corrected chi connectivity index (χ1v) is 8.82. The maximum Gasteiger partial charge on any atom is 0.238 e. The zero-order valence-electron chi connectivity index (χ0n) is 12.5. The van der Waals surface area contributed by atoms with Crippen molar-refractivity contribution in [2.45, 2.75) is 18.6 Å². The molecular formula is C16H24N2O2S. The highest BCUT2D eigenvalue weighted by atomic mass is 32.2. The van der Waals surface area contributed by atoms with Gasteiger partial charge < -0.3 is 10.4 Å². The fraction of sp³-hybridized carbons (Fsp3) is 0.562. The number of likely N-dealkylation sites (tertiary alicyclic amines) is 1. The minimum atomic E-state index is 0.0472. The summed E-state index contributed by atoms with van der Waals surface area (Å²) in [6.45, 7) is 2.49. The third-order valence-corrected chi connectivity index (χ3v) is 4.52. The summed E-state index contributed by atoms with van der Waals surface area (Å²) < 4.78 is 0. The lowest BCUT2D eigenvalue weighted by atomic mass is 9.98. The lowest BCUT2D eigenvalue weighted by Gasteiger charge is -2.30. The van der Waals surface area contributed by atoms with Crippen LogP contribution in [-0.2, 0) is 10.5 Å². The molecule has 1 heterocycles. The van der Waals surface area contributed by atoms with Crippen molar-refractivity contribution in [3.8, 4) is 0 Å². The fourth-order valence-corrected chi connectivity index (χ4v) is 3.21. The molecule has 1 aliphatic heterocycles. The lowest BCUT2D eigenvalue weighted by Crippen LogP contribution is -2.39. The molecule has 1 fully saturated rings. The number of carbonyl (C=O) groups excluding carboxylic acids is 1. The Morgan fingerprint density at radius 2 is 2.10 bits per heavy atom. The summed E-state index contributed by atoms with van der Waals surface area (Å²) >= 11 is 1.75. The molecule has 0 aliphatic carbocycles. The Hall–Kier alpha value is -1.04. The molecule has 1 aromatic rings. The average molecular weight is 308 g/mol. The van der Waals surface area contributed by atoms with Gasteiger partial charge in [-0.1, -0.05) is 18.2 Å². The molecule has 4 nitrogen and oxygen atoms in total. The number of rotatable bonds is 6. The SMILES string of the molecule is CSCc1ccccc1NC(=O)CN1CCC(CO)CC1. The van der Waals surface area contributed by atoms with Gasteiger partial charge in [0.2, 0.25) is 5.91 Å². The molecule has 0 radical (unpaired) electrons. The van der Waals surface area contributed by atoms with E-state index in [-0.39, 0.29) is 12.5 Å². The molecule has 5 heteroatoms. The van der Waals surface area contributed by atoms with Crippen LogP contribution in [0.2, 0.25) is 0 Å². The van der Waals surface area contributed by atoms with E-state index < -0.39 is 0 Å². The normalized spacial score (nSPS) is 16.9. The number of hydrogen-bond donors (Lipinski definition) is 2. The van der Waals surface area contributed by atoms with Crippen molar-refractivity contribution in [3.05, 3.63) is 29.8 Å². The van der Waals surface area contributed by atoms with Gasteiger partial charge in [-0.15, -0.1) is 0 Å². The van der Waals surface area contributed by atoms with E-state index in [9.17, 15) is 4.79 Å². The van der Waals surface area contributed by atoms with Crippen LogP contribution in [0, 0.1) is 5.92 Å². The number of anilines is 1. The molecule has 116 valence electrons. The van der Waals surface area contributed by atoms with Crippen molar-refractivity contribution >= 4 is 23.4 Å². The Morgan fingerprint density at radius 1 is 1.38 bits per heavy atom. The smallest absolute Gasteiger partial charge is 0.238 e. The molecule has 2 rings (SSSR count). The second kappa shape index (κ2) is 8.41. The quantitative estimate of drug-likeness (QED) is 0.846. The summed E-state index contributed by atoms with van der Waals surface area (Å²) in [5.41, 5.74) is 2.08. The van der Waals surface area contributed by atoms with Crippen LogP contribution in [0.4, 0.5) is 5.69 Å². The molecule has 2 N–H and O–H groups in total. The van der Waals surface area contributed by atoms with Crippen LogP contribution in [-0.4, -0.2) is 48.4 Å². The molecule has 0 spiro atoms. The molecule has 1 aromatic carbocycles. The topological polar surface area (TPSA) is 52.6 Å². The van der Waals surface area contributed by atoms with Gasteiger partial charge in [-0.05, 0) is 49.7 Å². The molecule has 1 aliphatic rings. The monoisotopic (exact) mass is 308 g/mol. The Kier molecular flexibility index (Phi) is 6.54. The summed E-state index contributed by atoms with van der Waals surface area (Å²) in [4.78, 5) is 14.3. The van der Waals surface area contributed by atoms with Gasteiger partial charge in [-0.3, -0.25) is 9.69 Å². The van der Waals surface area contributed by atoms with Gasteiger partial charge in [0, 0.05) is 18.0 Å². The summed E-state index contributed by atoms with van der Waals surface area (Å²) in [6.07, 6.45) is 4.02. The number of amides is 1. The second-order valence-electron chi connectivity index (χ2n) is 5.54. The zero-order valence-corrected chi connectivity index (χ0v) is 13.4. The minimum Gasteiger partial charge on any atom is -0.396 e. The van der Waals surface area contributed by atoms with E-state index in [1.54, 1.807) is 11.8 Å². The molecule has 0 aromatic heterocycles. The maximum absolute atomic E-state index is 12.2. The number of aliphatic hydroxyl groups is 1. The number of carbonyl (C=O) groups is 1. The zero-order chi connectivity index (χ0) is 15.1. The summed E-state index contributed by atoms with van der Waals surface area (Å²) in [6, 6.07) is 7.97.